The number of pyridine rings is 1. The number of nitrogens with one attached hydrogen (secondary N) is 2. The molecule has 0 saturated carbocycles. The minimum Gasteiger partial charge on any atom is -0.505 e. The molecule has 2 aliphatic heterocycles. The monoisotopic (exact) mass is 624 g/mol. The Labute approximate surface area is 270 Å². The Kier molecular flexibility index (Phi) is 9.03. The molecule has 1 aromatic heterocycles. The van der Waals surface area contributed by atoms with Crippen molar-refractivity contribution < 1.29 is 24.1 Å². The van der Waals surface area contributed by atoms with Gasteiger partial charge in [-0.25, -0.2) is 4.79 Å². The number of benzene rings is 3. The minimum atomic E-state index is -0.662. The first-order valence-corrected chi connectivity index (χ1v) is 16.0. The number of nitrogens with zero attached hydrogens (tertiary/aromatic N) is 2. The highest BCUT2D eigenvalue weighted by molar-refractivity contribution is 6.10. The number of aromatic hydroxyl groups is 1. The number of rotatable bonds is 7. The summed E-state index contributed by atoms with van der Waals surface area (Å²) in [5.41, 5.74) is 5.58. The Morgan fingerprint density at radius 2 is 1.74 bits per heavy atom. The van der Waals surface area contributed by atoms with Crippen molar-refractivity contribution in [3.63, 3.8) is 0 Å². The molecule has 0 aliphatic carbocycles. The van der Waals surface area contributed by atoms with Gasteiger partial charge in [-0.3, -0.25) is 9.88 Å². The van der Waals surface area contributed by atoms with E-state index in [0.29, 0.717) is 30.0 Å². The van der Waals surface area contributed by atoms with Gasteiger partial charge in [-0.15, -0.1) is 0 Å². The fourth-order valence-electron chi connectivity index (χ4n) is 6.09. The van der Waals surface area contributed by atoms with Crippen LogP contribution in [0.25, 0.3) is 21.9 Å². The standard InChI is InChI=1S/C37H44N4O5/c1-36(2,3)26-18-25(19-28-23-45-37(4,5)46-28)34(42)33(20-26)40-35(43)39-32-13-12-29(30-8-6-7-9-31(30)32)24-10-11-27(38-21-24)22-41-14-16-44-17-15-41/h6-13,18,20-21,28,42H,14-17,19,22-23H2,1-5H3,(H2,39,40,43). The minimum absolute atomic E-state index is 0.0289. The van der Waals surface area contributed by atoms with E-state index in [9.17, 15) is 9.90 Å². The summed E-state index contributed by atoms with van der Waals surface area (Å²) >= 11 is 0. The third-order valence-electron chi connectivity index (χ3n) is 8.62. The number of anilines is 2. The fraction of sp³-hybridized carbons (Fsp3) is 0.405. The average molecular weight is 625 g/mol. The first kappa shape index (κ1) is 31.9. The fourth-order valence-corrected chi connectivity index (χ4v) is 6.09. The number of phenols is 1. The van der Waals surface area contributed by atoms with Gasteiger partial charge in [0.2, 0.25) is 0 Å². The summed E-state index contributed by atoms with van der Waals surface area (Å²) in [7, 11) is 0. The van der Waals surface area contributed by atoms with Crippen molar-refractivity contribution in [2.45, 2.75) is 64.9 Å². The van der Waals surface area contributed by atoms with Crippen molar-refractivity contribution in [3.8, 4) is 16.9 Å². The molecule has 2 saturated heterocycles. The molecule has 46 heavy (non-hydrogen) atoms. The van der Waals surface area contributed by atoms with Crippen molar-refractivity contribution in [2.24, 2.45) is 0 Å². The molecule has 9 nitrogen and oxygen atoms in total. The van der Waals surface area contributed by atoms with Crippen LogP contribution in [0.2, 0.25) is 0 Å². The van der Waals surface area contributed by atoms with E-state index in [1.54, 1.807) is 0 Å². The number of aromatic nitrogens is 1. The summed E-state index contributed by atoms with van der Waals surface area (Å²) in [5, 5.41) is 19.1. The van der Waals surface area contributed by atoms with Gasteiger partial charge in [-0.05, 0) is 59.5 Å². The molecule has 3 heterocycles. The Morgan fingerprint density at radius 3 is 2.41 bits per heavy atom. The van der Waals surface area contributed by atoms with Crippen LogP contribution in [0, 0.1) is 0 Å². The van der Waals surface area contributed by atoms with E-state index in [1.165, 1.54) is 0 Å². The normalized spacial score (nSPS) is 18.5. The van der Waals surface area contributed by atoms with Crippen molar-refractivity contribution >= 4 is 28.2 Å². The Balaban J connectivity index is 1.21. The summed E-state index contributed by atoms with van der Waals surface area (Å²) in [6, 6.07) is 19.5. The smallest absolute Gasteiger partial charge is 0.323 e. The van der Waals surface area contributed by atoms with Crippen molar-refractivity contribution in [2.75, 3.05) is 43.5 Å². The lowest BCUT2D eigenvalue weighted by Gasteiger charge is -2.26. The van der Waals surface area contributed by atoms with Gasteiger partial charge in [0.1, 0.15) is 5.75 Å². The zero-order valence-electron chi connectivity index (χ0n) is 27.4. The molecule has 2 fully saturated rings. The molecule has 6 rings (SSSR count). The van der Waals surface area contributed by atoms with Crippen LogP contribution in [0.5, 0.6) is 5.75 Å². The number of ether oxygens (including phenoxy) is 3. The number of hydrogen-bond acceptors (Lipinski definition) is 7. The van der Waals surface area contributed by atoms with Crippen LogP contribution in [0.4, 0.5) is 16.2 Å². The van der Waals surface area contributed by atoms with Crippen LogP contribution in [0.15, 0.2) is 66.9 Å². The second-order valence-electron chi connectivity index (χ2n) is 13.6. The second kappa shape index (κ2) is 13.0. The topological polar surface area (TPSA) is 105 Å². The Bertz CT molecular complexity index is 1710. The van der Waals surface area contributed by atoms with Crippen LogP contribution in [-0.4, -0.2) is 65.8 Å². The lowest BCUT2D eigenvalue weighted by Crippen LogP contribution is -2.35. The number of hydrogen-bond donors (Lipinski definition) is 3. The van der Waals surface area contributed by atoms with E-state index in [-0.39, 0.29) is 17.3 Å². The quantitative estimate of drug-likeness (QED) is 0.189. The molecule has 2 amide bonds. The number of phenolic OH excluding ortho intramolecular Hbond substituents is 1. The molecular formula is C37H44N4O5. The van der Waals surface area contributed by atoms with Crippen molar-refractivity contribution in [3.05, 3.63) is 83.7 Å². The van der Waals surface area contributed by atoms with Crippen LogP contribution >= 0.6 is 0 Å². The van der Waals surface area contributed by atoms with E-state index < -0.39 is 11.8 Å². The van der Waals surface area contributed by atoms with Gasteiger partial charge in [0.05, 0.1) is 43.0 Å². The first-order valence-electron chi connectivity index (χ1n) is 16.0. The summed E-state index contributed by atoms with van der Waals surface area (Å²) in [6.07, 6.45) is 2.19. The summed E-state index contributed by atoms with van der Waals surface area (Å²) in [6.45, 7) is 14.7. The molecule has 0 spiro atoms. The lowest BCUT2D eigenvalue weighted by atomic mass is 9.85. The number of morpholine rings is 1. The maximum atomic E-state index is 13.4. The predicted molar refractivity (Wildman–Crippen MR) is 181 cm³/mol. The van der Waals surface area contributed by atoms with Gasteiger partial charge in [-0.2, -0.15) is 0 Å². The van der Waals surface area contributed by atoms with Gasteiger partial charge < -0.3 is 30.0 Å². The molecular weight excluding hydrogens is 580 g/mol. The van der Waals surface area contributed by atoms with Crippen molar-refractivity contribution in [1.29, 1.82) is 0 Å². The van der Waals surface area contributed by atoms with E-state index in [0.717, 1.165) is 66.0 Å². The maximum absolute atomic E-state index is 13.4. The Hall–Kier alpha value is -4.02. The molecule has 2 aliphatic rings. The van der Waals surface area contributed by atoms with Gasteiger partial charge in [0.25, 0.3) is 0 Å². The van der Waals surface area contributed by atoms with Gasteiger partial charge in [0, 0.05) is 43.2 Å². The molecule has 4 aromatic rings. The highest BCUT2D eigenvalue weighted by Gasteiger charge is 2.33. The molecule has 0 radical (unpaired) electrons. The van der Waals surface area contributed by atoms with Crippen molar-refractivity contribution in [1.82, 2.24) is 9.88 Å². The molecule has 242 valence electrons. The zero-order chi connectivity index (χ0) is 32.5. The van der Waals surface area contributed by atoms with Gasteiger partial charge in [-0.1, -0.05) is 63.2 Å². The highest BCUT2D eigenvalue weighted by atomic mass is 16.7. The molecule has 0 bridgehead atoms. The van der Waals surface area contributed by atoms with Crippen LogP contribution in [0.3, 0.4) is 0 Å². The second-order valence-corrected chi connectivity index (χ2v) is 13.6. The van der Waals surface area contributed by atoms with Crippen LogP contribution in [-0.2, 0) is 32.6 Å². The molecule has 3 aromatic carbocycles. The number of fused-ring (bicyclic) bond motifs is 1. The SMILES string of the molecule is CC1(C)OCC(Cc2cc(C(C)(C)C)cc(NC(=O)Nc3ccc(-c4ccc(CN5CCOCC5)nc4)c4ccccc34)c2O)O1. The first-order chi connectivity index (χ1) is 21.9. The Morgan fingerprint density at radius 1 is 1.00 bits per heavy atom. The predicted octanol–water partition coefficient (Wildman–Crippen LogP) is 7.08. The summed E-state index contributed by atoms with van der Waals surface area (Å²) in [5.74, 6) is -0.634. The summed E-state index contributed by atoms with van der Waals surface area (Å²) in [4.78, 5) is 20.5. The highest BCUT2D eigenvalue weighted by Crippen LogP contribution is 2.38. The van der Waals surface area contributed by atoms with Gasteiger partial charge >= 0.3 is 6.03 Å². The van der Waals surface area contributed by atoms with E-state index in [4.69, 9.17) is 19.2 Å². The number of urea groups is 1. The zero-order valence-corrected chi connectivity index (χ0v) is 27.4. The largest absolute Gasteiger partial charge is 0.505 e. The number of amides is 2. The van der Waals surface area contributed by atoms with E-state index >= 15 is 0 Å². The molecule has 3 N–H and O–H groups in total. The third-order valence-corrected chi connectivity index (χ3v) is 8.62. The van der Waals surface area contributed by atoms with E-state index in [1.807, 2.05) is 62.5 Å². The summed E-state index contributed by atoms with van der Waals surface area (Å²) < 4.78 is 17.2. The van der Waals surface area contributed by atoms with Crippen LogP contribution in [0.1, 0.15) is 51.4 Å². The van der Waals surface area contributed by atoms with E-state index in [2.05, 4.69) is 54.5 Å². The number of carbonyl (C=O) groups is 1. The van der Waals surface area contributed by atoms with Gasteiger partial charge in [0.15, 0.2) is 5.79 Å². The van der Waals surface area contributed by atoms with Crippen LogP contribution < -0.4 is 10.6 Å². The molecule has 1 atom stereocenters. The average Bonchev–Trinajstić information content (AvgIpc) is 3.37. The molecule has 1 unspecified atom stereocenters. The third kappa shape index (κ3) is 7.34. The number of carbonyl (C=O) groups excluding carboxylic acids is 1. The lowest BCUT2D eigenvalue weighted by molar-refractivity contribution is -0.138. The maximum Gasteiger partial charge on any atom is 0.323 e. The molecule has 9 heteroatoms.